The number of H-pyrrole nitrogens is 1. The molecular formula is C26H25N3O. The van der Waals surface area contributed by atoms with Crippen molar-refractivity contribution in [3.05, 3.63) is 105 Å². The van der Waals surface area contributed by atoms with Gasteiger partial charge in [0.05, 0.1) is 0 Å². The Bertz CT molecular complexity index is 1260. The molecule has 0 radical (unpaired) electrons. The van der Waals surface area contributed by atoms with Crippen LogP contribution in [-0.4, -0.2) is 11.5 Å². The number of pyridine rings is 1. The van der Waals surface area contributed by atoms with Crippen molar-refractivity contribution in [2.24, 2.45) is 0 Å². The van der Waals surface area contributed by atoms with Gasteiger partial charge in [0, 0.05) is 42.1 Å². The Hall–Kier alpha value is -3.53. The number of aryl methyl sites for hydroxylation is 1. The van der Waals surface area contributed by atoms with Crippen LogP contribution < -0.4 is 15.8 Å². The van der Waals surface area contributed by atoms with Crippen LogP contribution in [0.25, 0.3) is 10.9 Å². The summed E-state index contributed by atoms with van der Waals surface area (Å²) in [6, 6.07) is 25.3. The molecule has 0 spiro atoms. The first-order valence-electron chi connectivity index (χ1n) is 10.4. The van der Waals surface area contributed by atoms with E-state index in [0.717, 1.165) is 47.2 Å². The molecule has 2 heterocycles. The Morgan fingerprint density at radius 1 is 0.967 bits per heavy atom. The number of nitrogens with zero attached hydrogens (tertiary/aromatic N) is 1. The molecule has 150 valence electrons. The second-order valence-electron chi connectivity index (χ2n) is 8.06. The SMILES string of the molecule is Cc1ccc2cc(CNc3ccc(N4CCc5ccccc5C4)cc3)c(=O)[nH]c2c1. The van der Waals surface area contributed by atoms with E-state index in [1.807, 2.05) is 19.1 Å². The van der Waals surface area contributed by atoms with Crippen molar-refractivity contribution in [3.8, 4) is 0 Å². The summed E-state index contributed by atoms with van der Waals surface area (Å²) in [6.45, 7) is 4.51. The van der Waals surface area contributed by atoms with Crippen molar-refractivity contribution in [3.63, 3.8) is 0 Å². The normalized spacial score (nSPS) is 13.3. The topological polar surface area (TPSA) is 48.1 Å². The van der Waals surface area contributed by atoms with Crippen LogP contribution in [0.3, 0.4) is 0 Å². The van der Waals surface area contributed by atoms with Gasteiger partial charge in [0.15, 0.2) is 0 Å². The molecule has 5 rings (SSSR count). The average molecular weight is 396 g/mol. The first-order valence-corrected chi connectivity index (χ1v) is 10.4. The molecular weight excluding hydrogens is 370 g/mol. The van der Waals surface area contributed by atoms with E-state index in [1.165, 1.54) is 16.8 Å². The molecule has 0 atom stereocenters. The van der Waals surface area contributed by atoms with E-state index in [-0.39, 0.29) is 5.56 Å². The highest BCUT2D eigenvalue weighted by molar-refractivity contribution is 5.79. The maximum atomic E-state index is 12.4. The molecule has 30 heavy (non-hydrogen) atoms. The molecule has 4 heteroatoms. The standard InChI is InChI=1S/C26H25N3O/c1-18-6-7-20-15-22(26(30)28-25(20)14-18)16-27-23-8-10-24(11-9-23)29-13-12-19-4-2-3-5-21(19)17-29/h2-11,14-15,27H,12-13,16-17H2,1H3,(H,28,30). The highest BCUT2D eigenvalue weighted by atomic mass is 16.1. The fraction of sp³-hybridized carbons (Fsp3) is 0.192. The molecule has 3 aromatic carbocycles. The van der Waals surface area contributed by atoms with Gasteiger partial charge in [0.1, 0.15) is 0 Å². The predicted octanol–water partition coefficient (Wildman–Crippen LogP) is 5.01. The van der Waals surface area contributed by atoms with Crippen molar-refractivity contribution >= 4 is 22.3 Å². The van der Waals surface area contributed by atoms with Crippen LogP contribution in [-0.2, 0) is 19.5 Å². The van der Waals surface area contributed by atoms with Crippen molar-refractivity contribution in [1.82, 2.24) is 4.98 Å². The number of benzene rings is 3. The number of aromatic amines is 1. The quantitative estimate of drug-likeness (QED) is 0.511. The van der Waals surface area contributed by atoms with Crippen LogP contribution in [0, 0.1) is 6.92 Å². The summed E-state index contributed by atoms with van der Waals surface area (Å²) in [4.78, 5) is 17.8. The summed E-state index contributed by atoms with van der Waals surface area (Å²) >= 11 is 0. The Morgan fingerprint density at radius 3 is 2.60 bits per heavy atom. The summed E-state index contributed by atoms with van der Waals surface area (Å²) in [5.74, 6) is 0. The van der Waals surface area contributed by atoms with Gasteiger partial charge in [-0.15, -0.1) is 0 Å². The number of hydrogen-bond donors (Lipinski definition) is 2. The van der Waals surface area contributed by atoms with E-state index in [1.54, 1.807) is 0 Å². The lowest BCUT2D eigenvalue weighted by Crippen LogP contribution is -2.30. The predicted molar refractivity (Wildman–Crippen MR) is 124 cm³/mol. The van der Waals surface area contributed by atoms with Crippen LogP contribution in [0.15, 0.2) is 77.6 Å². The molecule has 1 aliphatic rings. The van der Waals surface area contributed by atoms with Crippen LogP contribution in [0.2, 0.25) is 0 Å². The lowest BCUT2D eigenvalue weighted by atomic mass is 9.99. The van der Waals surface area contributed by atoms with Gasteiger partial charge >= 0.3 is 0 Å². The Kier molecular flexibility index (Phi) is 4.75. The van der Waals surface area contributed by atoms with Gasteiger partial charge in [-0.25, -0.2) is 0 Å². The second-order valence-corrected chi connectivity index (χ2v) is 8.06. The fourth-order valence-electron chi connectivity index (χ4n) is 4.19. The van der Waals surface area contributed by atoms with E-state index in [0.29, 0.717) is 6.54 Å². The first kappa shape index (κ1) is 18.5. The lowest BCUT2D eigenvalue weighted by molar-refractivity contribution is 0.732. The zero-order valence-electron chi connectivity index (χ0n) is 17.1. The second kappa shape index (κ2) is 7.71. The van der Waals surface area contributed by atoms with E-state index in [2.05, 4.69) is 75.9 Å². The molecule has 0 amide bonds. The van der Waals surface area contributed by atoms with Gasteiger partial charge in [-0.05, 0) is 71.8 Å². The summed E-state index contributed by atoms with van der Waals surface area (Å²) in [5.41, 5.74) is 7.85. The molecule has 0 saturated carbocycles. The maximum Gasteiger partial charge on any atom is 0.253 e. The number of anilines is 2. The third kappa shape index (κ3) is 3.69. The van der Waals surface area contributed by atoms with Gasteiger partial charge in [-0.3, -0.25) is 4.79 Å². The molecule has 0 unspecified atom stereocenters. The Labute approximate surface area is 176 Å². The Balaban J connectivity index is 1.28. The van der Waals surface area contributed by atoms with Gasteiger partial charge in [0.25, 0.3) is 5.56 Å². The van der Waals surface area contributed by atoms with E-state index < -0.39 is 0 Å². The zero-order valence-corrected chi connectivity index (χ0v) is 17.1. The molecule has 4 nitrogen and oxygen atoms in total. The van der Waals surface area contributed by atoms with Gasteiger partial charge in [0.2, 0.25) is 0 Å². The van der Waals surface area contributed by atoms with Gasteiger partial charge in [-0.1, -0.05) is 36.4 Å². The minimum Gasteiger partial charge on any atom is -0.381 e. The smallest absolute Gasteiger partial charge is 0.253 e. The molecule has 0 bridgehead atoms. The summed E-state index contributed by atoms with van der Waals surface area (Å²) in [5, 5.41) is 4.44. The van der Waals surface area contributed by atoms with Crippen molar-refractivity contribution < 1.29 is 0 Å². The Morgan fingerprint density at radius 2 is 1.77 bits per heavy atom. The maximum absolute atomic E-state index is 12.4. The number of rotatable bonds is 4. The third-order valence-corrected chi connectivity index (χ3v) is 5.92. The number of aromatic nitrogens is 1. The van der Waals surface area contributed by atoms with Gasteiger partial charge in [-0.2, -0.15) is 0 Å². The minimum atomic E-state index is -0.0378. The fourth-order valence-corrected chi connectivity index (χ4v) is 4.19. The largest absolute Gasteiger partial charge is 0.381 e. The number of nitrogens with one attached hydrogen (secondary N) is 2. The molecule has 0 aliphatic carbocycles. The van der Waals surface area contributed by atoms with Gasteiger partial charge < -0.3 is 15.2 Å². The van der Waals surface area contributed by atoms with Crippen LogP contribution in [0.5, 0.6) is 0 Å². The lowest BCUT2D eigenvalue weighted by Gasteiger charge is -2.30. The van der Waals surface area contributed by atoms with E-state index in [9.17, 15) is 4.79 Å². The molecule has 1 aliphatic heterocycles. The minimum absolute atomic E-state index is 0.0378. The van der Waals surface area contributed by atoms with Crippen LogP contribution in [0.1, 0.15) is 22.3 Å². The molecule has 2 N–H and O–H groups in total. The summed E-state index contributed by atoms with van der Waals surface area (Å²) < 4.78 is 0. The van der Waals surface area contributed by atoms with Crippen LogP contribution in [0.4, 0.5) is 11.4 Å². The average Bonchev–Trinajstić information content (AvgIpc) is 2.78. The highest BCUT2D eigenvalue weighted by Gasteiger charge is 2.15. The molecule has 0 saturated heterocycles. The highest BCUT2D eigenvalue weighted by Crippen LogP contribution is 2.25. The number of hydrogen-bond acceptors (Lipinski definition) is 3. The first-order chi connectivity index (χ1) is 14.7. The summed E-state index contributed by atoms with van der Waals surface area (Å²) in [7, 11) is 0. The monoisotopic (exact) mass is 395 g/mol. The zero-order chi connectivity index (χ0) is 20.5. The summed E-state index contributed by atoms with van der Waals surface area (Å²) in [6.07, 6.45) is 1.08. The van der Waals surface area contributed by atoms with E-state index in [4.69, 9.17) is 0 Å². The third-order valence-electron chi connectivity index (χ3n) is 5.92. The van der Waals surface area contributed by atoms with Crippen LogP contribution >= 0.6 is 0 Å². The van der Waals surface area contributed by atoms with Crippen molar-refractivity contribution in [2.75, 3.05) is 16.8 Å². The van der Waals surface area contributed by atoms with E-state index >= 15 is 0 Å². The number of fused-ring (bicyclic) bond motifs is 2. The van der Waals surface area contributed by atoms with Crippen molar-refractivity contribution in [1.29, 1.82) is 0 Å². The molecule has 1 aromatic heterocycles. The molecule has 0 fully saturated rings. The molecule has 4 aromatic rings. The van der Waals surface area contributed by atoms with Crippen molar-refractivity contribution in [2.45, 2.75) is 26.4 Å².